The monoisotopic (exact) mass is 389 g/mol. The second-order valence-electron chi connectivity index (χ2n) is 7.11. The van der Waals surface area contributed by atoms with E-state index in [4.69, 9.17) is 0 Å². The van der Waals surface area contributed by atoms with E-state index in [9.17, 15) is 4.79 Å². The summed E-state index contributed by atoms with van der Waals surface area (Å²) in [5.41, 5.74) is 9.03. The molecule has 0 saturated carbocycles. The Bertz CT molecular complexity index is 1040. The number of hydrogen-bond donors (Lipinski definition) is 1. The van der Waals surface area contributed by atoms with Gasteiger partial charge in [0.25, 0.3) is 0 Å². The highest BCUT2D eigenvalue weighted by molar-refractivity contribution is 7.98. The minimum atomic E-state index is 0.0169. The number of nitrogens with zero attached hydrogens (tertiary/aromatic N) is 2. The van der Waals surface area contributed by atoms with Gasteiger partial charge in [-0.2, -0.15) is 0 Å². The van der Waals surface area contributed by atoms with Crippen LogP contribution >= 0.6 is 11.8 Å². The van der Waals surface area contributed by atoms with Crippen LogP contribution in [0.1, 0.15) is 34.5 Å². The Balaban J connectivity index is 1.42. The van der Waals surface area contributed by atoms with Gasteiger partial charge in [0.05, 0.1) is 0 Å². The number of hydrogen-bond acceptors (Lipinski definition) is 4. The van der Waals surface area contributed by atoms with Crippen molar-refractivity contribution in [1.82, 2.24) is 9.97 Å². The lowest BCUT2D eigenvalue weighted by Crippen LogP contribution is -2.14. The van der Waals surface area contributed by atoms with E-state index >= 15 is 0 Å². The molecule has 2 aromatic carbocycles. The zero-order valence-corrected chi connectivity index (χ0v) is 17.2. The van der Waals surface area contributed by atoms with Crippen LogP contribution in [0, 0.1) is 13.8 Å². The quantitative estimate of drug-likeness (QED) is 0.387. The third kappa shape index (κ3) is 3.67. The molecule has 0 fully saturated rings. The van der Waals surface area contributed by atoms with Crippen molar-refractivity contribution in [2.45, 2.75) is 38.3 Å². The Morgan fingerprint density at radius 3 is 2.50 bits per heavy atom. The molecule has 0 aliphatic heterocycles. The van der Waals surface area contributed by atoms with Crippen LogP contribution in [0.2, 0.25) is 0 Å². The molecule has 4 nitrogen and oxygen atoms in total. The second-order valence-corrected chi connectivity index (χ2v) is 7.89. The zero-order chi connectivity index (χ0) is 19.7. The van der Waals surface area contributed by atoms with Crippen molar-refractivity contribution in [3.05, 3.63) is 70.5 Å². The van der Waals surface area contributed by atoms with E-state index in [1.165, 1.54) is 34.0 Å². The molecular formula is C23H23N3OS. The molecule has 0 saturated heterocycles. The Kier molecular flexibility index (Phi) is 5.18. The lowest BCUT2D eigenvalue weighted by molar-refractivity contribution is -0.116. The first-order valence-electron chi connectivity index (χ1n) is 9.44. The van der Waals surface area contributed by atoms with Gasteiger partial charge in [0, 0.05) is 23.5 Å². The number of carbonyl (C=O) groups is 1. The van der Waals surface area contributed by atoms with Crippen LogP contribution in [0.3, 0.4) is 0 Å². The van der Waals surface area contributed by atoms with Crippen LogP contribution in [0.15, 0.2) is 47.6 Å². The lowest BCUT2D eigenvalue weighted by Gasteiger charge is -2.11. The molecule has 1 aliphatic carbocycles. The maximum atomic E-state index is 12.5. The molecule has 142 valence electrons. The standard InChI is InChI=1S/C23H23N3OS/c1-14-19(15(2)25-23(24-14)28-3)10-11-22(27)26-18-8-9-21-17(13-18)12-16-6-4-5-7-20(16)21/h4-9,13H,10-12H2,1-3H3,(H,26,27). The summed E-state index contributed by atoms with van der Waals surface area (Å²) < 4.78 is 0. The van der Waals surface area contributed by atoms with Gasteiger partial charge in [-0.05, 0) is 72.9 Å². The van der Waals surface area contributed by atoms with Crippen molar-refractivity contribution in [3.63, 3.8) is 0 Å². The topological polar surface area (TPSA) is 54.9 Å². The molecule has 28 heavy (non-hydrogen) atoms. The molecule has 4 rings (SSSR count). The highest BCUT2D eigenvalue weighted by Gasteiger charge is 2.18. The number of aryl methyl sites for hydroxylation is 2. The van der Waals surface area contributed by atoms with E-state index in [0.717, 1.165) is 34.2 Å². The van der Waals surface area contributed by atoms with Gasteiger partial charge in [0.2, 0.25) is 5.91 Å². The summed E-state index contributed by atoms with van der Waals surface area (Å²) in [7, 11) is 0. The molecular weight excluding hydrogens is 366 g/mol. The van der Waals surface area contributed by atoms with E-state index in [1.807, 2.05) is 26.2 Å². The fraction of sp³-hybridized carbons (Fsp3) is 0.261. The summed E-state index contributed by atoms with van der Waals surface area (Å²) >= 11 is 1.54. The van der Waals surface area contributed by atoms with E-state index in [-0.39, 0.29) is 5.91 Å². The number of rotatable bonds is 5. The third-order valence-electron chi connectivity index (χ3n) is 5.26. The van der Waals surface area contributed by atoms with Crippen molar-refractivity contribution < 1.29 is 4.79 Å². The van der Waals surface area contributed by atoms with Crippen LogP contribution in [0.5, 0.6) is 0 Å². The average molecular weight is 390 g/mol. The van der Waals surface area contributed by atoms with Crippen molar-refractivity contribution in [1.29, 1.82) is 0 Å². The summed E-state index contributed by atoms with van der Waals surface area (Å²) in [6.07, 6.45) is 3.96. The van der Waals surface area contributed by atoms with Crippen LogP contribution in [-0.4, -0.2) is 22.1 Å². The highest BCUT2D eigenvalue weighted by Crippen LogP contribution is 2.37. The summed E-state index contributed by atoms with van der Waals surface area (Å²) in [5.74, 6) is 0.0169. The number of amides is 1. The molecule has 3 aromatic rings. The molecule has 1 heterocycles. The Morgan fingerprint density at radius 1 is 1.04 bits per heavy atom. The zero-order valence-electron chi connectivity index (χ0n) is 16.4. The molecule has 0 unspecified atom stereocenters. The normalized spacial score (nSPS) is 11.8. The molecule has 5 heteroatoms. The van der Waals surface area contributed by atoms with E-state index in [2.05, 4.69) is 51.7 Å². The first kappa shape index (κ1) is 18.7. The Hall–Kier alpha value is -2.66. The number of benzene rings is 2. The van der Waals surface area contributed by atoms with Gasteiger partial charge in [0.1, 0.15) is 0 Å². The van der Waals surface area contributed by atoms with Crippen LogP contribution in [-0.2, 0) is 17.6 Å². The van der Waals surface area contributed by atoms with Gasteiger partial charge in [-0.15, -0.1) is 0 Å². The molecule has 0 radical (unpaired) electrons. The minimum absolute atomic E-state index is 0.0169. The van der Waals surface area contributed by atoms with E-state index < -0.39 is 0 Å². The summed E-state index contributed by atoms with van der Waals surface area (Å²) in [5, 5.41) is 3.83. The van der Waals surface area contributed by atoms with Crippen molar-refractivity contribution >= 4 is 23.4 Å². The highest BCUT2D eigenvalue weighted by atomic mass is 32.2. The molecule has 1 aromatic heterocycles. The van der Waals surface area contributed by atoms with Gasteiger partial charge in [-0.1, -0.05) is 42.1 Å². The lowest BCUT2D eigenvalue weighted by atomic mass is 10.0. The first-order chi connectivity index (χ1) is 13.5. The van der Waals surface area contributed by atoms with Crippen molar-refractivity contribution in [3.8, 4) is 11.1 Å². The number of carbonyl (C=O) groups excluding carboxylic acids is 1. The number of aromatic nitrogens is 2. The number of thioether (sulfide) groups is 1. The largest absolute Gasteiger partial charge is 0.326 e. The van der Waals surface area contributed by atoms with Crippen molar-refractivity contribution in [2.24, 2.45) is 0 Å². The summed E-state index contributed by atoms with van der Waals surface area (Å²) in [6, 6.07) is 14.7. The Morgan fingerprint density at radius 2 is 1.75 bits per heavy atom. The van der Waals surface area contributed by atoms with Gasteiger partial charge in [-0.3, -0.25) is 4.79 Å². The maximum absolute atomic E-state index is 12.5. The fourth-order valence-electron chi connectivity index (χ4n) is 3.85. The van der Waals surface area contributed by atoms with Crippen LogP contribution in [0.4, 0.5) is 5.69 Å². The predicted octanol–water partition coefficient (Wildman–Crippen LogP) is 4.96. The maximum Gasteiger partial charge on any atom is 0.224 e. The molecule has 1 aliphatic rings. The van der Waals surface area contributed by atoms with E-state index in [0.29, 0.717) is 12.8 Å². The number of anilines is 1. The number of nitrogens with one attached hydrogen (secondary N) is 1. The molecule has 1 N–H and O–H groups in total. The molecule has 0 atom stereocenters. The fourth-order valence-corrected chi connectivity index (χ4v) is 4.30. The van der Waals surface area contributed by atoms with Gasteiger partial charge >= 0.3 is 0 Å². The predicted molar refractivity (Wildman–Crippen MR) is 115 cm³/mol. The van der Waals surface area contributed by atoms with Gasteiger partial charge < -0.3 is 5.32 Å². The second kappa shape index (κ2) is 7.76. The first-order valence-corrected chi connectivity index (χ1v) is 10.7. The third-order valence-corrected chi connectivity index (χ3v) is 5.81. The smallest absolute Gasteiger partial charge is 0.224 e. The van der Waals surface area contributed by atoms with Crippen LogP contribution in [0.25, 0.3) is 11.1 Å². The van der Waals surface area contributed by atoms with Gasteiger partial charge in [-0.25, -0.2) is 9.97 Å². The SMILES string of the molecule is CSc1nc(C)c(CCC(=O)Nc2ccc3c(c2)Cc2ccccc2-3)c(C)n1. The van der Waals surface area contributed by atoms with Crippen molar-refractivity contribution in [2.75, 3.05) is 11.6 Å². The van der Waals surface area contributed by atoms with E-state index in [1.54, 1.807) is 0 Å². The average Bonchev–Trinajstić information content (AvgIpc) is 3.04. The Labute approximate surface area is 169 Å². The molecule has 1 amide bonds. The molecule has 0 bridgehead atoms. The summed E-state index contributed by atoms with van der Waals surface area (Å²) in [4.78, 5) is 21.5. The molecule has 0 spiro atoms. The van der Waals surface area contributed by atoms with Crippen LogP contribution < -0.4 is 5.32 Å². The summed E-state index contributed by atoms with van der Waals surface area (Å²) in [6.45, 7) is 3.97. The van der Waals surface area contributed by atoms with Gasteiger partial charge in [0.15, 0.2) is 5.16 Å². The number of fused-ring (bicyclic) bond motifs is 3. The minimum Gasteiger partial charge on any atom is -0.326 e.